The summed E-state index contributed by atoms with van der Waals surface area (Å²) in [5.41, 5.74) is 3.63. The maximum absolute atomic E-state index is 11.5. The van der Waals surface area contributed by atoms with Gasteiger partial charge in [-0.15, -0.1) is 0 Å². The Balaban J connectivity index is 1.91. The minimum absolute atomic E-state index is 0.158. The van der Waals surface area contributed by atoms with Crippen molar-refractivity contribution in [1.82, 2.24) is 9.97 Å². The van der Waals surface area contributed by atoms with Crippen molar-refractivity contribution in [3.63, 3.8) is 0 Å². The molecule has 0 saturated heterocycles. The highest BCUT2D eigenvalue weighted by molar-refractivity contribution is 5.92. The number of nitrogens with one attached hydrogen (secondary N) is 1. The van der Waals surface area contributed by atoms with Gasteiger partial charge in [0, 0.05) is 30.0 Å². The highest BCUT2D eigenvalue weighted by Gasteiger charge is 2.09. The molecule has 0 amide bonds. The highest BCUT2D eigenvalue weighted by atomic mass is 16.5. The number of benzene rings is 1. The maximum Gasteiger partial charge on any atom is 0.311 e. The third-order valence-corrected chi connectivity index (χ3v) is 3.55. The van der Waals surface area contributed by atoms with Gasteiger partial charge >= 0.3 is 5.97 Å². The van der Waals surface area contributed by atoms with Crippen molar-refractivity contribution in [2.45, 2.75) is 13.0 Å². The first-order valence-electron chi connectivity index (χ1n) is 7.34. The van der Waals surface area contributed by atoms with Crippen LogP contribution in [0.5, 0.6) is 0 Å². The second kappa shape index (κ2) is 6.87. The minimum Gasteiger partial charge on any atom is -0.469 e. The Labute approximate surface area is 134 Å². The molecule has 1 N–H and O–H groups in total. The second-order valence-electron chi connectivity index (χ2n) is 5.14. The number of hydrogen-bond donors (Lipinski definition) is 1. The van der Waals surface area contributed by atoms with Crippen LogP contribution in [0.2, 0.25) is 0 Å². The Morgan fingerprint density at radius 2 is 1.96 bits per heavy atom. The molecule has 1 aromatic carbocycles. The third kappa shape index (κ3) is 3.63. The van der Waals surface area contributed by atoms with E-state index in [1.807, 2.05) is 42.5 Å². The minimum atomic E-state index is -0.298. The van der Waals surface area contributed by atoms with Crippen LogP contribution < -0.4 is 5.32 Å². The van der Waals surface area contributed by atoms with E-state index in [1.165, 1.54) is 7.11 Å². The normalized spacial score (nSPS) is 10.5. The van der Waals surface area contributed by atoms with Crippen LogP contribution in [0.4, 0.5) is 5.69 Å². The van der Waals surface area contributed by atoms with Gasteiger partial charge in [0.25, 0.3) is 0 Å². The molecule has 2 aromatic heterocycles. The summed E-state index contributed by atoms with van der Waals surface area (Å²) >= 11 is 0. The lowest BCUT2D eigenvalue weighted by Crippen LogP contribution is -2.08. The number of para-hydroxylation sites is 1. The molecule has 0 aliphatic heterocycles. The number of ether oxygens (including phenoxy) is 1. The topological polar surface area (TPSA) is 64.1 Å². The molecule has 0 aliphatic carbocycles. The first-order valence-corrected chi connectivity index (χ1v) is 7.34. The molecule has 0 spiro atoms. The van der Waals surface area contributed by atoms with E-state index in [9.17, 15) is 4.79 Å². The number of nitrogens with zero attached hydrogens (tertiary/aromatic N) is 2. The predicted molar refractivity (Wildman–Crippen MR) is 89.0 cm³/mol. The molecule has 3 aromatic rings. The van der Waals surface area contributed by atoms with Crippen LogP contribution in [0.25, 0.3) is 10.9 Å². The third-order valence-electron chi connectivity index (χ3n) is 3.55. The molecular weight excluding hydrogens is 290 g/mol. The molecule has 23 heavy (non-hydrogen) atoms. The summed E-state index contributed by atoms with van der Waals surface area (Å²) in [7, 11) is 1.38. The summed E-state index contributed by atoms with van der Waals surface area (Å²) in [5.74, 6) is -0.298. The standard InChI is InChI=1S/C18H17N3O2/c1-23-18(22)11-14-10-17(15-4-2-3-5-16(15)21-14)20-12-13-6-8-19-9-7-13/h2-10H,11-12H2,1H3,(H,20,21). The average molecular weight is 307 g/mol. The van der Waals surface area contributed by atoms with Gasteiger partial charge in [-0.2, -0.15) is 0 Å². The van der Waals surface area contributed by atoms with Crippen LogP contribution in [0, 0.1) is 0 Å². The van der Waals surface area contributed by atoms with Gasteiger partial charge in [-0.1, -0.05) is 18.2 Å². The molecule has 116 valence electrons. The Morgan fingerprint density at radius 3 is 2.74 bits per heavy atom. The van der Waals surface area contributed by atoms with Gasteiger partial charge in [0.05, 0.1) is 24.7 Å². The molecule has 5 nitrogen and oxygen atoms in total. The number of anilines is 1. The fourth-order valence-corrected chi connectivity index (χ4v) is 2.39. The number of carbonyl (C=O) groups is 1. The van der Waals surface area contributed by atoms with Crippen molar-refractivity contribution in [3.8, 4) is 0 Å². The van der Waals surface area contributed by atoms with Gasteiger partial charge in [-0.25, -0.2) is 0 Å². The van der Waals surface area contributed by atoms with Crippen molar-refractivity contribution < 1.29 is 9.53 Å². The lowest BCUT2D eigenvalue weighted by Gasteiger charge is -2.12. The molecule has 0 aliphatic rings. The van der Waals surface area contributed by atoms with Gasteiger partial charge in [-0.3, -0.25) is 14.8 Å². The molecule has 2 heterocycles. The zero-order valence-corrected chi connectivity index (χ0v) is 12.8. The van der Waals surface area contributed by atoms with Gasteiger partial charge in [0.15, 0.2) is 0 Å². The first kappa shape index (κ1) is 15.0. The van der Waals surface area contributed by atoms with Crippen LogP contribution in [0.3, 0.4) is 0 Å². The van der Waals surface area contributed by atoms with E-state index < -0.39 is 0 Å². The average Bonchev–Trinajstić information content (AvgIpc) is 2.60. The molecule has 0 saturated carbocycles. The summed E-state index contributed by atoms with van der Waals surface area (Å²) in [6.45, 7) is 0.675. The van der Waals surface area contributed by atoms with E-state index in [4.69, 9.17) is 4.74 Å². The monoisotopic (exact) mass is 307 g/mol. The zero-order chi connectivity index (χ0) is 16.1. The van der Waals surface area contributed by atoms with Crippen LogP contribution in [-0.4, -0.2) is 23.0 Å². The Kier molecular flexibility index (Phi) is 4.47. The van der Waals surface area contributed by atoms with Gasteiger partial charge in [0.1, 0.15) is 0 Å². The number of fused-ring (bicyclic) bond motifs is 1. The number of rotatable bonds is 5. The molecular formula is C18H17N3O2. The number of esters is 1. The maximum atomic E-state index is 11.5. The van der Waals surface area contributed by atoms with Gasteiger partial charge < -0.3 is 10.1 Å². The Bertz CT molecular complexity index is 819. The van der Waals surface area contributed by atoms with E-state index in [1.54, 1.807) is 12.4 Å². The predicted octanol–water partition coefficient (Wildman–Crippen LogP) is 2.96. The largest absolute Gasteiger partial charge is 0.469 e. The van der Waals surface area contributed by atoms with Crippen LogP contribution in [-0.2, 0) is 22.5 Å². The second-order valence-corrected chi connectivity index (χ2v) is 5.14. The molecule has 0 unspecified atom stereocenters. The summed E-state index contributed by atoms with van der Waals surface area (Å²) in [6, 6.07) is 13.7. The summed E-state index contributed by atoms with van der Waals surface area (Å²) in [5, 5.41) is 4.44. The molecule has 0 bridgehead atoms. The number of aromatic nitrogens is 2. The smallest absolute Gasteiger partial charge is 0.311 e. The van der Waals surface area contributed by atoms with E-state index in [0.717, 1.165) is 22.2 Å². The molecule has 0 radical (unpaired) electrons. The SMILES string of the molecule is COC(=O)Cc1cc(NCc2ccncc2)c2ccccc2n1. The number of hydrogen-bond acceptors (Lipinski definition) is 5. The zero-order valence-electron chi connectivity index (χ0n) is 12.8. The van der Waals surface area contributed by atoms with E-state index in [2.05, 4.69) is 15.3 Å². The van der Waals surface area contributed by atoms with Crippen molar-refractivity contribution in [3.05, 3.63) is 66.1 Å². The van der Waals surface area contributed by atoms with E-state index in [-0.39, 0.29) is 12.4 Å². The lowest BCUT2D eigenvalue weighted by atomic mass is 10.1. The molecule has 3 rings (SSSR count). The first-order chi connectivity index (χ1) is 11.3. The van der Waals surface area contributed by atoms with E-state index in [0.29, 0.717) is 12.2 Å². The van der Waals surface area contributed by atoms with Crippen LogP contribution >= 0.6 is 0 Å². The summed E-state index contributed by atoms with van der Waals surface area (Å²) in [6.07, 6.45) is 3.69. The Morgan fingerprint density at radius 1 is 1.17 bits per heavy atom. The fourth-order valence-electron chi connectivity index (χ4n) is 2.39. The van der Waals surface area contributed by atoms with E-state index >= 15 is 0 Å². The quantitative estimate of drug-likeness (QED) is 0.734. The summed E-state index contributed by atoms with van der Waals surface area (Å²) in [4.78, 5) is 20.1. The Hall–Kier alpha value is -2.95. The number of methoxy groups -OCH3 is 1. The van der Waals surface area contributed by atoms with Crippen molar-refractivity contribution >= 4 is 22.6 Å². The lowest BCUT2D eigenvalue weighted by molar-refractivity contribution is -0.139. The number of carbonyl (C=O) groups excluding carboxylic acids is 1. The molecule has 0 atom stereocenters. The van der Waals surface area contributed by atoms with Crippen LogP contribution in [0.15, 0.2) is 54.9 Å². The highest BCUT2D eigenvalue weighted by Crippen LogP contribution is 2.24. The van der Waals surface area contributed by atoms with Gasteiger partial charge in [-0.05, 0) is 29.8 Å². The van der Waals surface area contributed by atoms with Crippen LogP contribution in [0.1, 0.15) is 11.3 Å². The van der Waals surface area contributed by atoms with Crippen molar-refractivity contribution in [1.29, 1.82) is 0 Å². The fraction of sp³-hybridized carbons (Fsp3) is 0.167. The van der Waals surface area contributed by atoms with Crippen molar-refractivity contribution in [2.75, 3.05) is 12.4 Å². The molecule has 5 heteroatoms. The molecule has 0 fully saturated rings. The van der Waals surface area contributed by atoms with Gasteiger partial charge in [0.2, 0.25) is 0 Å². The number of pyridine rings is 2. The van der Waals surface area contributed by atoms with Crippen molar-refractivity contribution in [2.24, 2.45) is 0 Å². The summed E-state index contributed by atoms with van der Waals surface area (Å²) < 4.78 is 4.73.